The van der Waals surface area contributed by atoms with E-state index in [1.54, 1.807) is 18.2 Å². The summed E-state index contributed by atoms with van der Waals surface area (Å²) in [4.78, 5) is 24.3. The van der Waals surface area contributed by atoms with Crippen molar-refractivity contribution in [2.75, 3.05) is 13.2 Å². The highest BCUT2D eigenvalue weighted by Crippen LogP contribution is 2.28. The number of aliphatic carboxylic acids is 1. The molecule has 0 bridgehead atoms. The summed E-state index contributed by atoms with van der Waals surface area (Å²) >= 11 is 6.62. The third kappa shape index (κ3) is 3.96. The minimum Gasteiger partial charge on any atom is -0.483 e. The summed E-state index contributed by atoms with van der Waals surface area (Å²) in [6.07, 6.45) is -0.766. The van der Waals surface area contributed by atoms with Crippen LogP contribution in [0, 0.1) is 0 Å². The lowest BCUT2D eigenvalue weighted by atomic mass is 10.2. The number of halogens is 2. The minimum absolute atomic E-state index is 0.0146. The van der Waals surface area contributed by atoms with Crippen molar-refractivity contribution in [2.45, 2.75) is 18.6 Å². The molecular weight excluding hydrogens is 410 g/mol. The lowest BCUT2D eigenvalue weighted by Gasteiger charge is -2.21. The predicted molar refractivity (Wildman–Crippen MR) is 81.1 cm³/mol. The zero-order chi connectivity index (χ0) is 15.6. The third-order valence-electron chi connectivity index (χ3n) is 3.13. The van der Waals surface area contributed by atoms with Gasteiger partial charge in [0.25, 0.3) is 5.91 Å². The fourth-order valence-corrected chi connectivity index (χ4v) is 3.30. The molecule has 114 valence electrons. The summed E-state index contributed by atoms with van der Waals surface area (Å²) in [6.45, 7) is -0.266. The molecular formula is C13H13Br2NO5. The maximum atomic E-state index is 12.1. The number of aliphatic hydroxyl groups excluding tert-OH is 1. The maximum absolute atomic E-state index is 12.1. The predicted octanol–water partition coefficient (Wildman–Crippen LogP) is 1.64. The van der Waals surface area contributed by atoms with Gasteiger partial charge in [-0.25, -0.2) is 4.79 Å². The first-order valence-electron chi connectivity index (χ1n) is 6.16. The molecule has 2 unspecified atom stereocenters. The van der Waals surface area contributed by atoms with Crippen LogP contribution in [0.15, 0.2) is 27.1 Å². The molecule has 1 amide bonds. The van der Waals surface area contributed by atoms with Gasteiger partial charge in [-0.1, -0.05) is 15.9 Å². The number of carbonyl (C=O) groups excluding carboxylic acids is 1. The number of ether oxygens (including phenoxy) is 1. The van der Waals surface area contributed by atoms with Crippen LogP contribution in [0.4, 0.5) is 0 Å². The van der Waals surface area contributed by atoms with E-state index in [2.05, 4.69) is 31.9 Å². The molecule has 0 radical (unpaired) electrons. The number of amides is 1. The number of benzene rings is 1. The zero-order valence-electron chi connectivity index (χ0n) is 10.8. The summed E-state index contributed by atoms with van der Waals surface area (Å²) in [6, 6.07) is 4.24. The molecule has 1 fully saturated rings. The normalized spacial score (nSPS) is 21.4. The summed E-state index contributed by atoms with van der Waals surface area (Å²) in [5.41, 5.74) is 0. The largest absolute Gasteiger partial charge is 0.483 e. The molecule has 1 aromatic rings. The Bertz CT molecular complexity index is 565. The highest BCUT2D eigenvalue weighted by Gasteiger charge is 2.38. The fraction of sp³-hybridized carbons (Fsp3) is 0.385. The van der Waals surface area contributed by atoms with Gasteiger partial charge >= 0.3 is 5.97 Å². The van der Waals surface area contributed by atoms with Crippen LogP contribution >= 0.6 is 31.9 Å². The molecule has 2 N–H and O–H groups in total. The van der Waals surface area contributed by atoms with Crippen LogP contribution in [-0.2, 0) is 9.59 Å². The van der Waals surface area contributed by atoms with Gasteiger partial charge in [0, 0.05) is 17.4 Å². The van der Waals surface area contributed by atoms with Crippen molar-refractivity contribution in [3.05, 3.63) is 27.1 Å². The first-order valence-corrected chi connectivity index (χ1v) is 7.75. The smallest absolute Gasteiger partial charge is 0.326 e. The lowest BCUT2D eigenvalue weighted by molar-refractivity contribution is -0.149. The number of nitrogens with zero attached hydrogens (tertiary/aromatic N) is 1. The van der Waals surface area contributed by atoms with Gasteiger partial charge in [-0.15, -0.1) is 0 Å². The summed E-state index contributed by atoms with van der Waals surface area (Å²) < 4.78 is 6.94. The SMILES string of the molecule is O=C(O)C1CC(O)CN1C(=O)COc1ccc(Br)cc1Br. The fourth-order valence-electron chi connectivity index (χ4n) is 2.14. The number of carboxylic acid groups (broad SMARTS) is 1. The Balaban J connectivity index is 1.99. The van der Waals surface area contributed by atoms with Crippen molar-refractivity contribution in [2.24, 2.45) is 0 Å². The number of β-amino-alcohol motifs (C(OH)–C–C–N with tert-alkyl or cyclic N) is 1. The number of carboxylic acids is 1. The van der Waals surface area contributed by atoms with E-state index in [4.69, 9.17) is 9.84 Å². The van der Waals surface area contributed by atoms with Crippen LogP contribution in [0.3, 0.4) is 0 Å². The van der Waals surface area contributed by atoms with Gasteiger partial charge in [0.15, 0.2) is 6.61 Å². The Morgan fingerprint density at radius 2 is 2.10 bits per heavy atom. The zero-order valence-corrected chi connectivity index (χ0v) is 14.0. The summed E-state index contributed by atoms with van der Waals surface area (Å²) in [5, 5.41) is 18.6. The van der Waals surface area contributed by atoms with Gasteiger partial charge in [0.05, 0.1) is 10.6 Å². The Kier molecular flexibility index (Phi) is 5.23. The van der Waals surface area contributed by atoms with Gasteiger partial charge in [0.2, 0.25) is 0 Å². The van der Waals surface area contributed by atoms with E-state index in [9.17, 15) is 14.7 Å². The highest BCUT2D eigenvalue weighted by molar-refractivity contribution is 9.11. The number of rotatable bonds is 4. The van der Waals surface area contributed by atoms with E-state index in [0.29, 0.717) is 10.2 Å². The second-order valence-corrected chi connectivity index (χ2v) is 6.42. The maximum Gasteiger partial charge on any atom is 0.326 e. The molecule has 21 heavy (non-hydrogen) atoms. The molecule has 8 heteroatoms. The molecule has 1 saturated heterocycles. The standard InChI is InChI=1S/C13H13Br2NO5/c14-7-1-2-11(9(15)3-7)21-6-12(18)16-5-8(17)4-10(16)13(19)20/h1-3,8,10,17H,4-6H2,(H,19,20). The van der Waals surface area contributed by atoms with E-state index >= 15 is 0 Å². The lowest BCUT2D eigenvalue weighted by Crippen LogP contribution is -2.42. The van der Waals surface area contributed by atoms with Crippen LogP contribution < -0.4 is 4.74 Å². The number of aliphatic hydroxyl groups is 1. The Labute approximate surface area is 138 Å². The van der Waals surface area contributed by atoms with Crippen LogP contribution in [0.1, 0.15) is 6.42 Å². The van der Waals surface area contributed by atoms with E-state index in [-0.39, 0.29) is 19.6 Å². The van der Waals surface area contributed by atoms with Crippen molar-refractivity contribution in [1.29, 1.82) is 0 Å². The van der Waals surface area contributed by atoms with Gasteiger partial charge in [-0.05, 0) is 34.1 Å². The summed E-state index contributed by atoms with van der Waals surface area (Å²) in [7, 11) is 0. The Morgan fingerprint density at radius 1 is 1.38 bits per heavy atom. The third-order valence-corrected chi connectivity index (χ3v) is 4.24. The van der Waals surface area contributed by atoms with E-state index < -0.39 is 24.0 Å². The number of hydrogen-bond acceptors (Lipinski definition) is 4. The first kappa shape index (κ1) is 16.3. The van der Waals surface area contributed by atoms with Gasteiger partial charge in [-0.3, -0.25) is 4.79 Å². The molecule has 2 atom stereocenters. The second kappa shape index (κ2) is 6.76. The number of carbonyl (C=O) groups is 2. The van der Waals surface area contributed by atoms with Crippen molar-refractivity contribution in [1.82, 2.24) is 4.90 Å². The van der Waals surface area contributed by atoms with Crippen molar-refractivity contribution in [3.63, 3.8) is 0 Å². The second-order valence-electron chi connectivity index (χ2n) is 4.65. The number of hydrogen-bond donors (Lipinski definition) is 2. The average molecular weight is 423 g/mol. The molecule has 2 rings (SSSR count). The molecule has 1 aliphatic rings. The molecule has 1 heterocycles. The van der Waals surface area contributed by atoms with Crippen molar-refractivity contribution >= 4 is 43.7 Å². The highest BCUT2D eigenvalue weighted by atomic mass is 79.9. The monoisotopic (exact) mass is 421 g/mol. The van der Waals surface area contributed by atoms with E-state index in [1.807, 2.05) is 0 Å². The van der Waals surface area contributed by atoms with E-state index in [1.165, 1.54) is 0 Å². The molecule has 0 aromatic heterocycles. The van der Waals surface area contributed by atoms with Crippen LogP contribution in [-0.4, -0.2) is 52.3 Å². The van der Waals surface area contributed by atoms with Gasteiger partial charge < -0.3 is 19.8 Å². The quantitative estimate of drug-likeness (QED) is 0.770. The average Bonchev–Trinajstić information content (AvgIpc) is 2.80. The van der Waals surface area contributed by atoms with Crippen LogP contribution in [0.2, 0.25) is 0 Å². The topological polar surface area (TPSA) is 87.1 Å². The summed E-state index contributed by atoms with van der Waals surface area (Å²) in [5.74, 6) is -1.10. The van der Waals surface area contributed by atoms with E-state index in [0.717, 1.165) is 9.37 Å². The molecule has 6 nitrogen and oxygen atoms in total. The minimum atomic E-state index is -1.12. The first-order chi connectivity index (χ1) is 9.88. The number of likely N-dealkylation sites (tertiary alicyclic amines) is 1. The van der Waals surface area contributed by atoms with Crippen LogP contribution in [0.5, 0.6) is 5.75 Å². The van der Waals surface area contributed by atoms with Gasteiger partial charge in [-0.2, -0.15) is 0 Å². The molecule has 0 saturated carbocycles. The Morgan fingerprint density at radius 3 is 2.71 bits per heavy atom. The van der Waals surface area contributed by atoms with Crippen molar-refractivity contribution < 1.29 is 24.5 Å². The Hall–Kier alpha value is -1.12. The van der Waals surface area contributed by atoms with Crippen molar-refractivity contribution in [3.8, 4) is 5.75 Å². The molecule has 0 spiro atoms. The van der Waals surface area contributed by atoms with Gasteiger partial charge in [0.1, 0.15) is 11.8 Å². The molecule has 0 aliphatic carbocycles. The molecule has 1 aliphatic heterocycles. The van der Waals surface area contributed by atoms with Crippen LogP contribution in [0.25, 0.3) is 0 Å². The molecule has 1 aromatic carbocycles.